The molecule has 0 atom stereocenters. The Morgan fingerprint density at radius 1 is 1.35 bits per heavy atom. The van der Waals surface area contributed by atoms with Gasteiger partial charge in [0.05, 0.1) is 17.9 Å². The maximum Gasteiger partial charge on any atom is 0.418 e. The van der Waals surface area contributed by atoms with Gasteiger partial charge in [-0.2, -0.15) is 13.2 Å². The highest BCUT2D eigenvalue weighted by Gasteiger charge is 2.40. The van der Waals surface area contributed by atoms with Crippen molar-refractivity contribution in [3.63, 3.8) is 0 Å². The lowest BCUT2D eigenvalue weighted by molar-refractivity contribution is -0.140. The second-order valence-corrected chi connectivity index (χ2v) is 3.67. The zero-order valence-electron chi connectivity index (χ0n) is 8.23. The number of rotatable bonds is 3. The van der Waals surface area contributed by atoms with Crippen molar-refractivity contribution >= 4 is 15.9 Å². The van der Waals surface area contributed by atoms with E-state index in [9.17, 15) is 22.0 Å². The summed E-state index contributed by atoms with van der Waals surface area (Å²) in [5.41, 5.74) is -3.72. The Labute approximate surface area is 102 Å². The minimum atomic E-state index is -4.94. The number of pyridine rings is 1. The van der Waals surface area contributed by atoms with Crippen LogP contribution in [-0.2, 0) is 18.1 Å². The minimum Gasteiger partial charge on any atom is -0.392 e. The molecule has 0 radical (unpaired) electrons. The summed E-state index contributed by atoms with van der Waals surface area (Å²) in [6.07, 6.45) is -7.44. The van der Waals surface area contributed by atoms with Crippen molar-refractivity contribution in [1.82, 2.24) is 4.98 Å². The molecule has 0 aliphatic heterocycles. The fourth-order valence-electron chi connectivity index (χ4n) is 1.40. The van der Waals surface area contributed by atoms with Crippen LogP contribution in [0, 0.1) is 0 Å². The van der Waals surface area contributed by atoms with Crippen molar-refractivity contribution in [2.75, 3.05) is 0 Å². The summed E-state index contributed by atoms with van der Waals surface area (Å²) in [4.78, 5) is 3.42. The number of nitrogens with zero attached hydrogens (tertiary/aromatic N) is 1. The summed E-state index contributed by atoms with van der Waals surface area (Å²) < 4.78 is 63.4. The second kappa shape index (κ2) is 5.26. The predicted molar refractivity (Wildman–Crippen MR) is 52.7 cm³/mol. The summed E-state index contributed by atoms with van der Waals surface area (Å²) in [7, 11) is 0. The highest BCUT2D eigenvalue weighted by Crippen LogP contribution is 2.40. The van der Waals surface area contributed by atoms with E-state index in [1.165, 1.54) is 0 Å². The van der Waals surface area contributed by atoms with E-state index in [1.807, 2.05) is 0 Å². The number of alkyl halides is 6. The molecular formula is C9H7BrF5NO. The molecule has 8 heteroatoms. The molecule has 1 aromatic heterocycles. The van der Waals surface area contributed by atoms with Crippen LogP contribution in [0.5, 0.6) is 0 Å². The molecule has 0 spiro atoms. The van der Waals surface area contributed by atoms with Crippen LogP contribution in [0.15, 0.2) is 6.20 Å². The maximum atomic E-state index is 12.7. The van der Waals surface area contributed by atoms with Crippen molar-refractivity contribution in [2.24, 2.45) is 0 Å². The van der Waals surface area contributed by atoms with Crippen molar-refractivity contribution in [3.05, 3.63) is 28.6 Å². The number of hydrogen-bond acceptors (Lipinski definition) is 2. The Morgan fingerprint density at radius 3 is 2.29 bits per heavy atom. The molecule has 1 rings (SSSR count). The van der Waals surface area contributed by atoms with Gasteiger partial charge in [-0.25, -0.2) is 8.78 Å². The van der Waals surface area contributed by atoms with Gasteiger partial charge in [0.1, 0.15) is 0 Å². The number of aliphatic hydroxyl groups excluding tert-OH is 1. The smallest absolute Gasteiger partial charge is 0.392 e. The molecule has 0 saturated carbocycles. The molecule has 0 saturated heterocycles. The van der Waals surface area contributed by atoms with E-state index >= 15 is 0 Å². The van der Waals surface area contributed by atoms with E-state index in [-0.39, 0.29) is 5.33 Å². The Balaban J connectivity index is 3.59. The van der Waals surface area contributed by atoms with Gasteiger partial charge in [-0.3, -0.25) is 4.98 Å². The van der Waals surface area contributed by atoms with Crippen molar-refractivity contribution < 1.29 is 27.1 Å². The van der Waals surface area contributed by atoms with Gasteiger partial charge >= 0.3 is 6.18 Å². The number of aliphatic hydroxyl groups is 1. The molecule has 0 amide bonds. The summed E-state index contributed by atoms with van der Waals surface area (Å²) in [5, 5.41) is 8.47. The lowest BCUT2D eigenvalue weighted by atomic mass is 10.0. The summed E-state index contributed by atoms with van der Waals surface area (Å²) in [6, 6.07) is 0. The third-order valence-corrected chi connectivity index (χ3v) is 2.61. The highest BCUT2D eigenvalue weighted by molar-refractivity contribution is 9.08. The van der Waals surface area contributed by atoms with Gasteiger partial charge in [0.2, 0.25) is 0 Å². The first-order chi connectivity index (χ1) is 7.82. The van der Waals surface area contributed by atoms with Gasteiger partial charge in [0, 0.05) is 22.7 Å². The molecule has 1 heterocycles. The van der Waals surface area contributed by atoms with Gasteiger partial charge in [-0.15, -0.1) is 0 Å². The molecule has 1 aromatic rings. The molecule has 96 valence electrons. The van der Waals surface area contributed by atoms with Crippen molar-refractivity contribution in [3.8, 4) is 0 Å². The molecular weight excluding hydrogens is 313 g/mol. The van der Waals surface area contributed by atoms with Gasteiger partial charge in [-0.05, 0) is 0 Å². The van der Waals surface area contributed by atoms with Crippen LogP contribution in [0.3, 0.4) is 0 Å². The monoisotopic (exact) mass is 319 g/mol. The Bertz CT molecular complexity index is 407. The lowest BCUT2D eigenvalue weighted by Crippen LogP contribution is -2.16. The molecule has 0 bridgehead atoms. The number of hydrogen-bond donors (Lipinski definition) is 1. The third-order valence-electron chi connectivity index (χ3n) is 2.08. The van der Waals surface area contributed by atoms with Crippen molar-refractivity contribution in [1.29, 1.82) is 0 Å². The minimum absolute atomic E-state index is 0.298. The van der Waals surface area contributed by atoms with Gasteiger partial charge in [0.25, 0.3) is 6.43 Å². The first-order valence-corrected chi connectivity index (χ1v) is 5.47. The van der Waals surface area contributed by atoms with E-state index in [1.54, 1.807) is 0 Å². The quantitative estimate of drug-likeness (QED) is 0.684. The Morgan fingerprint density at radius 2 is 1.94 bits per heavy atom. The Kier molecular flexibility index (Phi) is 4.42. The lowest BCUT2D eigenvalue weighted by Gasteiger charge is -2.17. The molecule has 2 nitrogen and oxygen atoms in total. The van der Waals surface area contributed by atoms with Crippen LogP contribution in [0.4, 0.5) is 22.0 Å². The van der Waals surface area contributed by atoms with E-state index in [0.717, 1.165) is 6.20 Å². The molecule has 0 aliphatic carbocycles. The Hall–Kier alpha value is -0.760. The average Bonchev–Trinajstić information content (AvgIpc) is 2.25. The van der Waals surface area contributed by atoms with Crippen LogP contribution in [-0.4, -0.2) is 10.1 Å². The summed E-state index contributed by atoms with van der Waals surface area (Å²) in [5.74, 6) is 0. The zero-order valence-corrected chi connectivity index (χ0v) is 9.82. The average molecular weight is 320 g/mol. The van der Waals surface area contributed by atoms with Crippen LogP contribution >= 0.6 is 15.9 Å². The van der Waals surface area contributed by atoms with Gasteiger partial charge < -0.3 is 5.11 Å². The first kappa shape index (κ1) is 14.3. The van der Waals surface area contributed by atoms with Crippen LogP contribution in [0.2, 0.25) is 0 Å². The van der Waals surface area contributed by atoms with Gasteiger partial charge in [0.15, 0.2) is 0 Å². The fraction of sp³-hybridized carbons (Fsp3) is 0.444. The van der Waals surface area contributed by atoms with E-state index in [4.69, 9.17) is 5.11 Å². The molecule has 0 aromatic carbocycles. The molecule has 17 heavy (non-hydrogen) atoms. The van der Waals surface area contributed by atoms with Crippen LogP contribution in [0.1, 0.15) is 28.8 Å². The second-order valence-electron chi connectivity index (χ2n) is 3.11. The molecule has 1 N–H and O–H groups in total. The normalized spacial score (nSPS) is 12.2. The SMILES string of the molecule is OCc1cnc(CBr)c(C(F)(F)F)c1C(F)F. The van der Waals surface area contributed by atoms with Crippen molar-refractivity contribution in [2.45, 2.75) is 24.5 Å². The largest absolute Gasteiger partial charge is 0.418 e. The van der Waals surface area contributed by atoms with E-state index in [2.05, 4.69) is 20.9 Å². The molecule has 0 fully saturated rings. The zero-order chi connectivity index (χ0) is 13.2. The third kappa shape index (κ3) is 2.92. The van der Waals surface area contributed by atoms with Gasteiger partial charge in [-0.1, -0.05) is 15.9 Å². The first-order valence-electron chi connectivity index (χ1n) is 4.35. The van der Waals surface area contributed by atoms with Crippen LogP contribution in [0.25, 0.3) is 0 Å². The topological polar surface area (TPSA) is 33.1 Å². The predicted octanol–water partition coefficient (Wildman–Crippen LogP) is 3.43. The fourth-order valence-corrected chi connectivity index (χ4v) is 1.82. The maximum absolute atomic E-state index is 12.7. The molecule has 0 aliphatic rings. The standard InChI is InChI=1S/C9H7BrF5NO/c10-1-5-7(9(13,14)15)6(8(11)12)4(3-17)2-16-5/h2,8,17H,1,3H2. The summed E-state index contributed by atoms with van der Waals surface area (Å²) >= 11 is 2.76. The molecule has 0 unspecified atom stereocenters. The van der Waals surface area contributed by atoms with E-state index < -0.39 is 41.6 Å². The van der Waals surface area contributed by atoms with Crippen LogP contribution < -0.4 is 0 Å². The summed E-state index contributed by atoms with van der Waals surface area (Å²) in [6.45, 7) is -0.918. The number of halogens is 6. The number of aromatic nitrogens is 1. The van der Waals surface area contributed by atoms with E-state index in [0.29, 0.717) is 0 Å². The highest BCUT2D eigenvalue weighted by atomic mass is 79.9.